The van der Waals surface area contributed by atoms with Crippen molar-refractivity contribution in [2.45, 2.75) is 32.2 Å². The Morgan fingerprint density at radius 2 is 2.33 bits per heavy atom. The summed E-state index contributed by atoms with van der Waals surface area (Å²) in [5.41, 5.74) is 0. The molecule has 5 heteroatoms. The summed E-state index contributed by atoms with van der Waals surface area (Å²) in [6, 6.07) is 2.62. The molecule has 1 aliphatic heterocycles. The highest BCUT2D eigenvalue weighted by atomic mass is 15.2. The Balaban J connectivity index is 2.02. The smallest absolute Gasteiger partial charge is 0.134 e. The summed E-state index contributed by atoms with van der Waals surface area (Å²) in [4.78, 5) is 11.0. The third kappa shape index (κ3) is 3.32. The molecule has 0 saturated carbocycles. The van der Waals surface area contributed by atoms with Crippen LogP contribution in [0.1, 0.15) is 26.2 Å². The van der Waals surface area contributed by atoms with Crippen molar-refractivity contribution in [3.8, 4) is 0 Å². The van der Waals surface area contributed by atoms with E-state index in [0.717, 1.165) is 37.7 Å². The predicted octanol–water partition coefficient (Wildman–Crippen LogP) is 1.49. The summed E-state index contributed by atoms with van der Waals surface area (Å²) >= 11 is 0. The van der Waals surface area contributed by atoms with Crippen LogP contribution in [-0.2, 0) is 0 Å². The maximum atomic E-state index is 4.39. The monoisotopic (exact) mass is 249 g/mol. The molecule has 2 rings (SSSR count). The number of nitrogens with one attached hydrogen (secondary N) is 2. The van der Waals surface area contributed by atoms with Gasteiger partial charge in [-0.05, 0) is 26.3 Å². The van der Waals surface area contributed by atoms with Crippen LogP contribution < -0.4 is 15.5 Å². The molecule has 5 nitrogen and oxygen atoms in total. The standard InChI is InChI=1S/C13H23N5/c1-3-6-15-12-8-13(17-10-16-12)18-7-4-5-11(9-18)14-2/h8,10-11,14H,3-7,9H2,1-2H3,(H,15,16,17). The first kappa shape index (κ1) is 13.1. The highest BCUT2D eigenvalue weighted by Crippen LogP contribution is 2.19. The molecular formula is C13H23N5. The van der Waals surface area contributed by atoms with Gasteiger partial charge in [-0.2, -0.15) is 0 Å². The largest absolute Gasteiger partial charge is 0.370 e. The maximum absolute atomic E-state index is 4.39. The Morgan fingerprint density at radius 1 is 1.44 bits per heavy atom. The molecule has 100 valence electrons. The van der Waals surface area contributed by atoms with Crippen LogP contribution in [-0.4, -0.2) is 42.7 Å². The summed E-state index contributed by atoms with van der Waals surface area (Å²) in [5, 5.41) is 6.66. The van der Waals surface area contributed by atoms with Crippen LogP contribution in [0.25, 0.3) is 0 Å². The quantitative estimate of drug-likeness (QED) is 0.828. The summed E-state index contributed by atoms with van der Waals surface area (Å²) in [6.07, 6.45) is 5.22. The Morgan fingerprint density at radius 3 is 3.11 bits per heavy atom. The number of hydrogen-bond donors (Lipinski definition) is 2. The van der Waals surface area contributed by atoms with E-state index in [4.69, 9.17) is 0 Å². The summed E-state index contributed by atoms with van der Waals surface area (Å²) in [7, 11) is 2.03. The van der Waals surface area contributed by atoms with Crippen LogP contribution in [0.2, 0.25) is 0 Å². The highest BCUT2D eigenvalue weighted by Gasteiger charge is 2.19. The van der Waals surface area contributed by atoms with Crippen molar-refractivity contribution in [3.05, 3.63) is 12.4 Å². The fourth-order valence-electron chi connectivity index (χ4n) is 2.29. The normalized spacial score (nSPS) is 19.9. The molecule has 0 aromatic carbocycles. The zero-order chi connectivity index (χ0) is 12.8. The zero-order valence-corrected chi connectivity index (χ0v) is 11.3. The second-order valence-corrected chi connectivity index (χ2v) is 4.76. The molecule has 1 unspecified atom stereocenters. The van der Waals surface area contributed by atoms with Crippen molar-refractivity contribution in [1.29, 1.82) is 0 Å². The Labute approximate surface area is 109 Å². The lowest BCUT2D eigenvalue weighted by Crippen LogP contribution is -2.44. The molecule has 0 aliphatic carbocycles. The molecule has 1 saturated heterocycles. The lowest BCUT2D eigenvalue weighted by atomic mass is 10.1. The second-order valence-electron chi connectivity index (χ2n) is 4.76. The van der Waals surface area contributed by atoms with Crippen LogP contribution in [0, 0.1) is 0 Å². The highest BCUT2D eigenvalue weighted by molar-refractivity contribution is 5.48. The first-order valence-electron chi connectivity index (χ1n) is 6.81. The fourth-order valence-corrected chi connectivity index (χ4v) is 2.29. The Bertz CT molecular complexity index is 368. The van der Waals surface area contributed by atoms with Gasteiger partial charge >= 0.3 is 0 Å². The average Bonchev–Trinajstić information content (AvgIpc) is 2.45. The topological polar surface area (TPSA) is 53.1 Å². The minimum Gasteiger partial charge on any atom is -0.370 e. The third-order valence-electron chi connectivity index (χ3n) is 3.36. The van der Waals surface area contributed by atoms with Crippen molar-refractivity contribution in [1.82, 2.24) is 15.3 Å². The third-order valence-corrected chi connectivity index (χ3v) is 3.36. The molecule has 2 heterocycles. The van der Waals surface area contributed by atoms with Crippen LogP contribution >= 0.6 is 0 Å². The van der Waals surface area contributed by atoms with Gasteiger partial charge in [0.05, 0.1) is 0 Å². The van der Waals surface area contributed by atoms with Gasteiger partial charge in [-0.25, -0.2) is 9.97 Å². The van der Waals surface area contributed by atoms with Gasteiger partial charge in [0.2, 0.25) is 0 Å². The van der Waals surface area contributed by atoms with Gasteiger partial charge in [-0.1, -0.05) is 6.92 Å². The number of likely N-dealkylation sites (N-methyl/N-ethyl adjacent to an activating group) is 1. The first-order valence-corrected chi connectivity index (χ1v) is 6.81. The number of rotatable bonds is 5. The van der Waals surface area contributed by atoms with Crippen molar-refractivity contribution in [2.75, 3.05) is 36.9 Å². The van der Waals surface area contributed by atoms with Gasteiger partial charge in [0.1, 0.15) is 18.0 Å². The number of nitrogens with zero attached hydrogens (tertiary/aromatic N) is 3. The van der Waals surface area contributed by atoms with Gasteiger partial charge < -0.3 is 15.5 Å². The van der Waals surface area contributed by atoms with Crippen molar-refractivity contribution >= 4 is 11.6 Å². The van der Waals surface area contributed by atoms with Crippen LogP contribution in [0.15, 0.2) is 12.4 Å². The minimum atomic E-state index is 0.570. The van der Waals surface area contributed by atoms with Gasteiger partial charge in [0.25, 0.3) is 0 Å². The van der Waals surface area contributed by atoms with Gasteiger partial charge in [0, 0.05) is 31.7 Å². The molecular weight excluding hydrogens is 226 g/mol. The summed E-state index contributed by atoms with van der Waals surface area (Å²) in [5.74, 6) is 1.96. The lowest BCUT2D eigenvalue weighted by Gasteiger charge is -2.33. The Kier molecular flexibility index (Phi) is 4.75. The van der Waals surface area contributed by atoms with Gasteiger partial charge in [0.15, 0.2) is 0 Å². The molecule has 1 aromatic heterocycles. The van der Waals surface area contributed by atoms with Crippen LogP contribution in [0.3, 0.4) is 0 Å². The molecule has 1 aromatic rings. The summed E-state index contributed by atoms with van der Waals surface area (Å²) in [6.45, 7) is 5.22. The zero-order valence-electron chi connectivity index (χ0n) is 11.3. The van der Waals surface area contributed by atoms with Crippen molar-refractivity contribution in [3.63, 3.8) is 0 Å². The number of anilines is 2. The maximum Gasteiger partial charge on any atom is 0.134 e. The second kappa shape index (κ2) is 6.54. The summed E-state index contributed by atoms with van der Waals surface area (Å²) < 4.78 is 0. The SMILES string of the molecule is CCCNc1cc(N2CCCC(NC)C2)ncn1. The minimum absolute atomic E-state index is 0.570. The van der Waals surface area contributed by atoms with E-state index >= 15 is 0 Å². The van der Waals surface area contributed by atoms with Crippen LogP contribution in [0.4, 0.5) is 11.6 Å². The predicted molar refractivity (Wildman–Crippen MR) is 75.1 cm³/mol. The van der Waals surface area contributed by atoms with Gasteiger partial charge in [-0.3, -0.25) is 0 Å². The van der Waals surface area contributed by atoms with E-state index in [-0.39, 0.29) is 0 Å². The molecule has 0 radical (unpaired) electrons. The first-order chi connectivity index (χ1) is 8.83. The molecule has 2 N–H and O–H groups in total. The molecule has 0 amide bonds. The van der Waals surface area contributed by atoms with E-state index in [0.29, 0.717) is 6.04 Å². The molecule has 1 aliphatic rings. The molecule has 0 bridgehead atoms. The average molecular weight is 249 g/mol. The van der Waals surface area contributed by atoms with E-state index in [1.165, 1.54) is 12.8 Å². The van der Waals surface area contributed by atoms with E-state index < -0.39 is 0 Å². The number of aromatic nitrogens is 2. The van der Waals surface area contributed by atoms with Crippen molar-refractivity contribution in [2.24, 2.45) is 0 Å². The molecule has 1 atom stereocenters. The molecule has 0 spiro atoms. The van der Waals surface area contributed by atoms with E-state index in [1.54, 1.807) is 6.33 Å². The van der Waals surface area contributed by atoms with E-state index in [1.807, 2.05) is 13.1 Å². The van der Waals surface area contributed by atoms with E-state index in [2.05, 4.69) is 32.4 Å². The van der Waals surface area contributed by atoms with Crippen LogP contribution in [0.5, 0.6) is 0 Å². The van der Waals surface area contributed by atoms with E-state index in [9.17, 15) is 0 Å². The molecule has 18 heavy (non-hydrogen) atoms. The Hall–Kier alpha value is -1.36. The van der Waals surface area contributed by atoms with Crippen molar-refractivity contribution < 1.29 is 0 Å². The fraction of sp³-hybridized carbons (Fsp3) is 0.692. The van der Waals surface area contributed by atoms with Gasteiger partial charge in [-0.15, -0.1) is 0 Å². The lowest BCUT2D eigenvalue weighted by molar-refractivity contribution is 0.447. The molecule has 1 fully saturated rings. The number of piperidine rings is 1. The number of hydrogen-bond acceptors (Lipinski definition) is 5.